The van der Waals surface area contributed by atoms with Crippen molar-refractivity contribution in [3.63, 3.8) is 0 Å². The standard InChI is InChI=1S/C23H36FNO/c1-25(2)17-21-15-20(14-18-8-10-22(24)11-9-18)12-13-23(21,26)16-19-6-4-3-5-7-19/h8-11,19-21,26H,3-7,12-17H2,1-2H3. The summed E-state index contributed by atoms with van der Waals surface area (Å²) in [6.45, 7) is 0.961. The summed E-state index contributed by atoms with van der Waals surface area (Å²) >= 11 is 0. The lowest BCUT2D eigenvalue weighted by Gasteiger charge is -2.46. The van der Waals surface area contributed by atoms with Crippen molar-refractivity contribution >= 4 is 0 Å². The van der Waals surface area contributed by atoms with Gasteiger partial charge in [0.05, 0.1) is 5.60 Å². The van der Waals surface area contributed by atoms with Crippen molar-refractivity contribution in [3.8, 4) is 0 Å². The van der Waals surface area contributed by atoms with Crippen LogP contribution in [0, 0.1) is 23.6 Å². The van der Waals surface area contributed by atoms with E-state index in [1.807, 2.05) is 12.1 Å². The van der Waals surface area contributed by atoms with Gasteiger partial charge in [-0.2, -0.15) is 0 Å². The maximum absolute atomic E-state index is 13.2. The molecule has 0 aliphatic heterocycles. The first-order valence-corrected chi connectivity index (χ1v) is 10.6. The molecule has 2 aliphatic rings. The van der Waals surface area contributed by atoms with Crippen molar-refractivity contribution < 1.29 is 9.50 Å². The van der Waals surface area contributed by atoms with Crippen LogP contribution in [0.2, 0.25) is 0 Å². The largest absolute Gasteiger partial charge is 0.390 e. The lowest BCUT2D eigenvalue weighted by Crippen LogP contribution is -2.48. The molecule has 2 saturated carbocycles. The van der Waals surface area contributed by atoms with Gasteiger partial charge in [0.2, 0.25) is 0 Å². The molecule has 3 rings (SSSR count). The van der Waals surface area contributed by atoms with Crippen LogP contribution in [0.25, 0.3) is 0 Å². The maximum Gasteiger partial charge on any atom is 0.123 e. The summed E-state index contributed by atoms with van der Waals surface area (Å²) in [5.41, 5.74) is 0.726. The Morgan fingerprint density at radius 3 is 2.38 bits per heavy atom. The summed E-state index contributed by atoms with van der Waals surface area (Å²) in [5.74, 6) is 1.49. The van der Waals surface area contributed by atoms with Crippen LogP contribution in [0.3, 0.4) is 0 Å². The number of nitrogens with zero attached hydrogens (tertiary/aromatic N) is 1. The highest BCUT2D eigenvalue weighted by Crippen LogP contribution is 2.44. The van der Waals surface area contributed by atoms with Crippen molar-refractivity contribution in [3.05, 3.63) is 35.6 Å². The van der Waals surface area contributed by atoms with E-state index in [1.54, 1.807) is 12.1 Å². The van der Waals surface area contributed by atoms with E-state index in [1.165, 1.54) is 37.7 Å². The Morgan fingerprint density at radius 1 is 1.04 bits per heavy atom. The van der Waals surface area contributed by atoms with Crippen molar-refractivity contribution in [1.29, 1.82) is 0 Å². The minimum absolute atomic E-state index is 0.162. The summed E-state index contributed by atoms with van der Waals surface area (Å²) in [6, 6.07) is 6.96. The highest BCUT2D eigenvalue weighted by Gasteiger charge is 2.43. The number of rotatable bonds is 6. The van der Waals surface area contributed by atoms with E-state index >= 15 is 0 Å². The third-order valence-corrected chi connectivity index (χ3v) is 6.75. The van der Waals surface area contributed by atoms with Gasteiger partial charge in [-0.1, -0.05) is 44.2 Å². The predicted molar refractivity (Wildman–Crippen MR) is 106 cm³/mol. The Kier molecular flexibility index (Phi) is 6.74. The van der Waals surface area contributed by atoms with Crippen molar-refractivity contribution in [1.82, 2.24) is 4.90 Å². The zero-order chi connectivity index (χ0) is 18.6. The fourth-order valence-electron chi connectivity index (χ4n) is 5.38. The molecule has 0 amide bonds. The van der Waals surface area contributed by atoms with E-state index in [4.69, 9.17) is 0 Å². The van der Waals surface area contributed by atoms with Gasteiger partial charge in [-0.25, -0.2) is 4.39 Å². The molecule has 1 N–H and O–H groups in total. The third kappa shape index (κ3) is 5.29. The van der Waals surface area contributed by atoms with Crippen LogP contribution >= 0.6 is 0 Å². The molecule has 0 bridgehead atoms. The SMILES string of the molecule is CN(C)CC1CC(Cc2ccc(F)cc2)CCC1(O)CC1CCCCC1. The van der Waals surface area contributed by atoms with Crippen LogP contribution in [0.1, 0.15) is 63.4 Å². The van der Waals surface area contributed by atoms with E-state index in [-0.39, 0.29) is 5.82 Å². The second-order valence-corrected chi connectivity index (χ2v) is 9.24. The monoisotopic (exact) mass is 361 g/mol. The van der Waals surface area contributed by atoms with Gasteiger partial charge in [0, 0.05) is 12.5 Å². The lowest BCUT2D eigenvalue weighted by atomic mass is 9.65. The number of halogens is 1. The summed E-state index contributed by atoms with van der Waals surface area (Å²) in [6.07, 6.45) is 11.7. The van der Waals surface area contributed by atoms with Gasteiger partial charge in [-0.3, -0.25) is 0 Å². The molecule has 26 heavy (non-hydrogen) atoms. The molecule has 0 radical (unpaired) electrons. The molecule has 2 fully saturated rings. The highest BCUT2D eigenvalue weighted by atomic mass is 19.1. The zero-order valence-corrected chi connectivity index (χ0v) is 16.6. The Labute approximate surface area is 158 Å². The molecule has 2 aliphatic carbocycles. The second kappa shape index (κ2) is 8.84. The molecule has 2 nitrogen and oxygen atoms in total. The Balaban J connectivity index is 1.64. The van der Waals surface area contributed by atoms with Gasteiger partial charge in [0.1, 0.15) is 5.82 Å². The molecule has 1 aromatic carbocycles. The molecular formula is C23H36FNO. The summed E-state index contributed by atoms with van der Waals surface area (Å²) in [5, 5.41) is 11.6. The average molecular weight is 362 g/mol. The predicted octanol–water partition coefficient (Wildman–Crippen LogP) is 5.05. The van der Waals surface area contributed by atoms with Gasteiger partial charge in [-0.05, 0) is 75.7 Å². The van der Waals surface area contributed by atoms with Gasteiger partial charge in [0.15, 0.2) is 0 Å². The number of hydrogen-bond acceptors (Lipinski definition) is 2. The smallest absolute Gasteiger partial charge is 0.123 e. The Bertz CT molecular complexity index is 552. The van der Waals surface area contributed by atoms with Crippen LogP contribution < -0.4 is 0 Å². The molecule has 146 valence electrons. The molecule has 0 spiro atoms. The first-order valence-electron chi connectivity index (χ1n) is 10.6. The molecular weight excluding hydrogens is 325 g/mol. The molecule has 0 heterocycles. The molecule has 3 unspecified atom stereocenters. The van der Waals surface area contributed by atoms with Crippen molar-refractivity contribution in [2.75, 3.05) is 20.6 Å². The molecule has 3 atom stereocenters. The average Bonchev–Trinajstić information content (AvgIpc) is 2.61. The zero-order valence-electron chi connectivity index (χ0n) is 16.6. The molecule has 1 aromatic rings. The van der Waals surface area contributed by atoms with E-state index in [0.717, 1.165) is 38.6 Å². The van der Waals surface area contributed by atoms with Gasteiger partial charge < -0.3 is 10.0 Å². The van der Waals surface area contributed by atoms with Crippen molar-refractivity contribution in [2.24, 2.45) is 17.8 Å². The minimum Gasteiger partial charge on any atom is -0.390 e. The fourth-order valence-corrected chi connectivity index (χ4v) is 5.38. The molecule has 3 heteroatoms. The van der Waals surface area contributed by atoms with Crippen LogP contribution in [-0.4, -0.2) is 36.2 Å². The topological polar surface area (TPSA) is 23.5 Å². The Hall–Kier alpha value is -0.930. The van der Waals surface area contributed by atoms with E-state index in [0.29, 0.717) is 17.8 Å². The number of benzene rings is 1. The van der Waals surface area contributed by atoms with E-state index in [2.05, 4.69) is 19.0 Å². The Morgan fingerprint density at radius 2 is 1.73 bits per heavy atom. The van der Waals surface area contributed by atoms with Crippen LogP contribution in [0.4, 0.5) is 4.39 Å². The second-order valence-electron chi connectivity index (χ2n) is 9.24. The normalized spacial score (nSPS) is 30.7. The minimum atomic E-state index is -0.494. The third-order valence-electron chi connectivity index (χ3n) is 6.75. The van der Waals surface area contributed by atoms with Crippen molar-refractivity contribution in [2.45, 2.75) is 69.8 Å². The van der Waals surface area contributed by atoms with Gasteiger partial charge >= 0.3 is 0 Å². The summed E-state index contributed by atoms with van der Waals surface area (Å²) < 4.78 is 13.2. The maximum atomic E-state index is 13.2. The van der Waals surface area contributed by atoms with Crippen LogP contribution in [0.5, 0.6) is 0 Å². The summed E-state index contributed by atoms with van der Waals surface area (Å²) in [7, 11) is 4.23. The first-order chi connectivity index (χ1) is 12.4. The van der Waals surface area contributed by atoms with Gasteiger partial charge in [0.25, 0.3) is 0 Å². The quantitative estimate of drug-likeness (QED) is 0.766. The fraction of sp³-hybridized carbons (Fsp3) is 0.739. The van der Waals surface area contributed by atoms with Gasteiger partial charge in [-0.15, -0.1) is 0 Å². The number of hydrogen-bond donors (Lipinski definition) is 1. The first kappa shape index (κ1) is 19.8. The van der Waals surface area contributed by atoms with E-state index < -0.39 is 5.60 Å². The summed E-state index contributed by atoms with van der Waals surface area (Å²) in [4.78, 5) is 2.23. The molecule has 0 saturated heterocycles. The molecule has 0 aromatic heterocycles. The van der Waals surface area contributed by atoms with Crippen LogP contribution in [-0.2, 0) is 6.42 Å². The van der Waals surface area contributed by atoms with Crippen LogP contribution in [0.15, 0.2) is 24.3 Å². The lowest BCUT2D eigenvalue weighted by molar-refractivity contribution is -0.0872. The highest BCUT2D eigenvalue weighted by molar-refractivity contribution is 5.17. The van der Waals surface area contributed by atoms with E-state index in [9.17, 15) is 9.50 Å². The number of aliphatic hydroxyl groups is 1.